The molecule has 6 nitrogen and oxygen atoms in total. The lowest BCUT2D eigenvalue weighted by atomic mass is 10.1. The lowest BCUT2D eigenvalue weighted by Gasteiger charge is -2.25. The predicted molar refractivity (Wildman–Crippen MR) is 113 cm³/mol. The minimum absolute atomic E-state index is 0.163. The highest BCUT2D eigenvalue weighted by Gasteiger charge is 2.28. The summed E-state index contributed by atoms with van der Waals surface area (Å²) in [6.07, 6.45) is 5.68. The van der Waals surface area contributed by atoms with E-state index in [1.807, 2.05) is 18.2 Å². The lowest BCUT2D eigenvalue weighted by molar-refractivity contribution is 0.220. The van der Waals surface area contributed by atoms with Gasteiger partial charge in [0.1, 0.15) is 0 Å². The lowest BCUT2D eigenvalue weighted by Crippen LogP contribution is -2.30. The maximum atomic E-state index is 12.5. The Labute approximate surface area is 168 Å². The zero-order valence-corrected chi connectivity index (χ0v) is 16.6. The normalized spacial score (nSPS) is 16.2. The largest absolute Gasteiger partial charge is 0.363 e. The number of urea groups is 1. The van der Waals surface area contributed by atoms with E-state index in [0.29, 0.717) is 11.7 Å². The third kappa shape index (κ3) is 4.14. The number of nitrogens with zero attached hydrogens (tertiary/aromatic N) is 4. The van der Waals surface area contributed by atoms with Crippen LogP contribution in [0.1, 0.15) is 30.1 Å². The molecule has 0 saturated carbocycles. The number of pyridine rings is 1. The molecule has 28 heavy (non-hydrogen) atoms. The number of para-hydroxylation sites is 1. The van der Waals surface area contributed by atoms with Gasteiger partial charge in [-0.15, -0.1) is 11.3 Å². The van der Waals surface area contributed by atoms with Crippen LogP contribution in [0, 0.1) is 0 Å². The van der Waals surface area contributed by atoms with E-state index >= 15 is 0 Å². The van der Waals surface area contributed by atoms with E-state index in [2.05, 4.69) is 44.8 Å². The average Bonchev–Trinajstić information content (AvgIpc) is 3.38. The summed E-state index contributed by atoms with van der Waals surface area (Å²) in [4.78, 5) is 25.2. The van der Waals surface area contributed by atoms with Crippen molar-refractivity contribution in [2.75, 3.05) is 23.8 Å². The Hall–Kier alpha value is -2.93. The molecule has 144 valence electrons. The summed E-state index contributed by atoms with van der Waals surface area (Å²) in [5.41, 5.74) is 3.29. The van der Waals surface area contributed by atoms with E-state index in [4.69, 9.17) is 4.98 Å². The fourth-order valence-electron chi connectivity index (χ4n) is 3.52. The van der Waals surface area contributed by atoms with Gasteiger partial charge in [0.15, 0.2) is 5.13 Å². The van der Waals surface area contributed by atoms with Crippen LogP contribution in [0.2, 0.25) is 0 Å². The molecule has 3 aromatic rings. The highest BCUT2D eigenvalue weighted by atomic mass is 32.1. The Morgan fingerprint density at radius 2 is 2.04 bits per heavy atom. The van der Waals surface area contributed by atoms with Crippen LogP contribution < -0.4 is 10.2 Å². The second-order valence-electron chi connectivity index (χ2n) is 6.91. The van der Waals surface area contributed by atoms with Gasteiger partial charge < -0.3 is 9.80 Å². The van der Waals surface area contributed by atoms with E-state index in [0.717, 1.165) is 30.6 Å². The Morgan fingerprint density at radius 3 is 2.82 bits per heavy atom. The van der Waals surface area contributed by atoms with Crippen LogP contribution in [-0.4, -0.2) is 34.5 Å². The van der Waals surface area contributed by atoms with Gasteiger partial charge in [-0.25, -0.2) is 9.78 Å². The zero-order valence-electron chi connectivity index (χ0n) is 15.8. The maximum absolute atomic E-state index is 12.5. The van der Waals surface area contributed by atoms with Crippen LogP contribution in [0.15, 0.2) is 60.2 Å². The number of carbonyl (C=O) groups is 1. The van der Waals surface area contributed by atoms with Gasteiger partial charge in [0.05, 0.1) is 11.7 Å². The average molecular weight is 394 g/mol. The third-order valence-electron chi connectivity index (χ3n) is 4.93. The van der Waals surface area contributed by atoms with E-state index < -0.39 is 0 Å². The van der Waals surface area contributed by atoms with Crippen molar-refractivity contribution in [3.05, 3.63) is 71.5 Å². The third-order valence-corrected chi connectivity index (χ3v) is 5.71. The first-order valence-electron chi connectivity index (χ1n) is 9.39. The van der Waals surface area contributed by atoms with Gasteiger partial charge >= 0.3 is 6.03 Å². The summed E-state index contributed by atoms with van der Waals surface area (Å²) in [5, 5.41) is 5.62. The number of aromatic nitrogens is 2. The molecule has 4 rings (SSSR count). The molecule has 7 heteroatoms. The van der Waals surface area contributed by atoms with Crippen molar-refractivity contribution in [1.29, 1.82) is 0 Å². The standard InChI is InChI=1S/C21H23N5OS/c1-25(14-16-9-11-22-12-10-16)21(27)24-20-23-18(15-28-20)19-8-5-13-26(19)17-6-3-2-4-7-17/h2-4,6-7,9-12,15,19H,5,8,13-14H2,1H3,(H,23,24,27). The summed E-state index contributed by atoms with van der Waals surface area (Å²) in [6.45, 7) is 1.56. The number of thiazole rings is 1. The second-order valence-corrected chi connectivity index (χ2v) is 7.76. The van der Waals surface area contributed by atoms with Crippen molar-refractivity contribution in [3.8, 4) is 0 Å². The van der Waals surface area contributed by atoms with E-state index in [1.165, 1.54) is 17.0 Å². The number of anilines is 2. The van der Waals surface area contributed by atoms with Crippen molar-refractivity contribution in [1.82, 2.24) is 14.9 Å². The Bertz CT molecular complexity index is 915. The molecular formula is C21H23N5OS. The summed E-state index contributed by atoms with van der Waals surface area (Å²) in [6, 6.07) is 14.4. The van der Waals surface area contributed by atoms with Crippen LogP contribution in [0.4, 0.5) is 15.6 Å². The molecule has 1 aliphatic heterocycles. The van der Waals surface area contributed by atoms with E-state index in [9.17, 15) is 4.79 Å². The van der Waals surface area contributed by atoms with Gasteiger partial charge in [-0.1, -0.05) is 18.2 Å². The number of hydrogen-bond donors (Lipinski definition) is 1. The first-order valence-corrected chi connectivity index (χ1v) is 10.3. The first-order chi connectivity index (χ1) is 13.7. The molecule has 1 aromatic carbocycles. The quantitative estimate of drug-likeness (QED) is 0.691. The molecule has 0 aliphatic carbocycles. The van der Waals surface area contributed by atoms with Crippen LogP contribution in [-0.2, 0) is 6.54 Å². The number of carbonyl (C=O) groups excluding carboxylic acids is 1. The molecule has 1 fully saturated rings. The Balaban J connectivity index is 1.40. The highest BCUT2D eigenvalue weighted by Crippen LogP contribution is 2.37. The van der Waals surface area contributed by atoms with Gasteiger partial charge in [-0.2, -0.15) is 0 Å². The summed E-state index contributed by atoms with van der Waals surface area (Å²) < 4.78 is 0. The molecule has 1 atom stereocenters. The monoisotopic (exact) mass is 393 g/mol. The van der Waals surface area contributed by atoms with Crippen molar-refractivity contribution in [2.24, 2.45) is 0 Å². The van der Waals surface area contributed by atoms with Crippen molar-refractivity contribution in [3.63, 3.8) is 0 Å². The van der Waals surface area contributed by atoms with Crippen molar-refractivity contribution < 1.29 is 4.79 Å². The summed E-state index contributed by atoms with van der Waals surface area (Å²) in [5.74, 6) is 0. The molecule has 1 aliphatic rings. The highest BCUT2D eigenvalue weighted by molar-refractivity contribution is 7.13. The predicted octanol–water partition coefficient (Wildman–Crippen LogP) is 4.54. The van der Waals surface area contributed by atoms with Crippen molar-refractivity contribution >= 4 is 28.2 Å². The van der Waals surface area contributed by atoms with Crippen LogP contribution in [0.3, 0.4) is 0 Å². The number of amides is 2. The van der Waals surface area contributed by atoms with Crippen LogP contribution in [0.5, 0.6) is 0 Å². The molecule has 0 bridgehead atoms. The van der Waals surface area contributed by atoms with Crippen molar-refractivity contribution in [2.45, 2.75) is 25.4 Å². The van der Waals surface area contributed by atoms with Gasteiger partial charge in [-0.3, -0.25) is 10.3 Å². The van der Waals surface area contributed by atoms with Gasteiger partial charge in [-0.05, 0) is 42.7 Å². The molecule has 3 heterocycles. The Morgan fingerprint density at radius 1 is 1.25 bits per heavy atom. The smallest absolute Gasteiger partial charge is 0.323 e. The molecule has 1 saturated heterocycles. The molecule has 0 spiro atoms. The Kier molecular flexibility index (Phi) is 5.53. The minimum Gasteiger partial charge on any atom is -0.363 e. The summed E-state index contributed by atoms with van der Waals surface area (Å²) in [7, 11) is 1.78. The van der Waals surface area contributed by atoms with Crippen LogP contribution >= 0.6 is 11.3 Å². The first kappa shape index (κ1) is 18.4. The van der Waals surface area contributed by atoms with Gasteiger partial charge in [0.2, 0.25) is 0 Å². The zero-order chi connectivity index (χ0) is 19.3. The molecule has 2 aromatic heterocycles. The van der Waals surface area contributed by atoms with Gasteiger partial charge in [0, 0.05) is 43.6 Å². The molecule has 1 unspecified atom stereocenters. The molecule has 2 amide bonds. The molecule has 1 N–H and O–H groups in total. The number of rotatable bonds is 5. The number of benzene rings is 1. The minimum atomic E-state index is -0.163. The fourth-order valence-corrected chi connectivity index (χ4v) is 4.27. The second kappa shape index (κ2) is 8.39. The van der Waals surface area contributed by atoms with E-state index in [1.54, 1.807) is 24.3 Å². The fraction of sp³-hybridized carbons (Fsp3) is 0.286. The maximum Gasteiger partial charge on any atom is 0.323 e. The number of nitrogens with one attached hydrogen (secondary N) is 1. The topological polar surface area (TPSA) is 61.4 Å². The number of hydrogen-bond acceptors (Lipinski definition) is 5. The van der Waals surface area contributed by atoms with Gasteiger partial charge in [0.25, 0.3) is 0 Å². The SMILES string of the molecule is CN(Cc1ccncc1)C(=O)Nc1nc(C2CCCN2c2ccccc2)cs1. The molecule has 0 radical (unpaired) electrons. The summed E-state index contributed by atoms with van der Waals surface area (Å²) >= 11 is 1.48. The van der Waals surface area contributed by atoms with Crippen LogP contribution in [0.25, 0.3) is 0 Å². The molecular weight excluding hydrogens is 370 g/mol. The van der Waals surface area contributed by atoms with E-state index in [-0.39, 0.29) is 12.1 Å².